The third-order valence-corrected chi connectivity index (χ3v) is 5.31. The van der Waals surface area contributed by atoms with Crippen molar-refractivity contribution in [2.24, 2.45) is 7.05 Å². The van der Waals surface area contributed by atoms with E-state index < -0.39 is 11.6 Å². The van der Waals surface area contributed by atoms with Crippen molar-refractivity contribution in [1.29, 1.82) is 0 Å². The third kappa shape index (κ3) is 4.12. The molecule has 0 aliphatic carbocycles. The summed E-state index contributed by atoms with van der Waals surface area (Å²) in [5.41, 5.74) is 2.06. The van der Waals surface area contributed by atoms with E-state index in [-0.39, 0.29) is 12.2 Å². The lowest BCUT2D eigenvalue weighted by Gasteiger charge is -2.36. The second-order valence-electron chi connectivity index (χ2n) is 6.87. The van der Waals surface area contributed by atoms with Gasteiger partial charge in [-0.1, -0.05) is 6.07 Å². The Kier molecular flexibility index (Phi) is 5.77. The molecule has 144 valence electrons. The van der Waals surface area contributed by atoms with E-state index in [1.807, 2.05) is 25.1 Å². The van der Waals surface area contributed by atoms with Crippen molar-refractivity contribution in [3.63, 3.8) is 0 Å². The lowest BCUT2D eigenvalue weighted by Crippen LogP contribution is -2.39. The lowest BCUT2D eigenvalue weighted by atomic mass is 9.86. The first-order valence-electron chi connectivity index (χ1n) is 9.02. The summed E-state index contributed by atoms with van der Waals surface area (Å²) in [5.74, 6) is -0.393. The van der Waals surface area contributed by atoms with Crippen LogP contribution in [0.1, 0.15) is 25.3 Å². The number of pyridine rings is 1. The highest BCUT2D eigenvalue weighted by Crippen LogP contribution is 2.32. The number of benzene rings is 1. The van der Waals surface area contributed by atoms with E-state index in [0.717, 1.165) is 34.9 Å². The maximum Gasteiger partial charge on any atom is 0.331 e. The van der Waals surface area contributed by atoms with Gasteiger partial charge in [0.15, 0.2) is 0 Å². The fourth-order valence-corrected chi connectivity index (χ4v) is 3.49. The van der Waals surface area contributed by atoms with Crippen molar-refractivity contribution in [3.8, 4) is 0 Å². The minimum Gasteiger partial charge on any atom is -0.458 e. The summed E-state index contributed by atoms with van der Waals surface area (Å²) in [4.78, 5) is 23.9. The Bertz CT molecular complexity index is 922. The number of methoxy groups -OCH3 is 1. The molecule has 1 fully saturated rings. The van der Waals surface area contributed by atoms with Gasteiger partial charge in [0.25, 0.3) is 5.56 Å². The monoisotopic (exact) mass is 371 g/mol. The maximum atomic E-state index is 12.3. The lowest BCUT2D eigenvalue weighted by molar-refractivity contribution is -0.139. The van der Waals surface area contributed by atoms with Crippen molar-refractivity contribution >= 4 is 16.9 Å². The van der Waals surface area contributed by atoms with Gasteiger partial charge in [0, 0.05) is 52.4 Å². The summed E-state index contributed by atoms with van der Waals surface area (Å²) in [5, 5.41) is 0.929. The first-order valence-corrected chi connectivity index (χ1v) is 9.02. The zero-order valence-electron chi connectivity index (χ0n) is 16.0. The molecule has 6 heteroatoms. The minimum atomic E-state index is -0.453. The summed E-state index contributed by atoms with van der Waals surface area (Å²) < 4.78 is 18.1. The van der Waals surface area contributed by atoms with E-state index in [9.17, 15) is 9.59 Å². The van der Waals surface area contributed by atoms with Gasteiger partial charge >= 0.3 is 5.97 Å². The molecule has 27 heavy (non-hydrogen) atoms. The Morgan fingerprint density at radius 2 is 2.00 bits per heavy atom. The average Bonchev–Trinajstić information content (AvgIpc) is 2.69. The number of aryl methyl sites for hydroxylation is 1. The van der Waals surface area contributed by atoms with Gasteiger partial charge in [0.1, 0.15) is 6.61 Å². The number of carbonyl (C=O) groups is 1. The zero-order chi connectivity index (χ0) is 19.4. The number of nitrogens with zero attached hydrogens (tertiary/aromatic N) is 1. The first-order chi connectivity index (χ1) is 12.9. The first kappa shape index (κ1) is 19.3. The molecular weight excluding hydrogens is 346 g/mol. The van der Waals surface area contributed by atoms with E-state index >= 15 is 0 Å². The van der Waals surface area contributed by atoms with Crippen LogP contribution >= 0.6 is 0 Å². The molecule has 3 rings (SSSR count). The third-order valence-electron chi connectivity index (χ3n) is 5.31. The molecule has 0 spiro atoms. The van der Waals surface area contributed by atoms with Crippen LogP contribution in [-0.4, -0.2) is 36.5 Å². The average molecular weight is 371 g/mol. The van der Waals surface area contributed by atoms with E-state index in [4.69, 9.17) is 14.2 Å². The van der Waals surface area contributed by atoms with E-state index in [2.05, 4.69) is 0 Å². The molecule has 1 saturated heterocycles. The smallest absolute Gasteiger partial charge is 0.331 e. The van der Waals surface area contributed by atoms with Crippen LogP contribution in [0.3, 0.4) is 0 Å². The van der Waals surface area contributed by atoms with Crippen LogP contribution in [0.15, 0.2) is 46.8 Å². The molecule has 0 bridgehead atoms. The van der Waals surface area contributed by atoms with Crippen LogP contribution in [0, 0.1) is 0 Å². The number of hydrogen-bond acceptors (Lipinski definition) is 5. The van der Waals surface area contributed by atoms with Crippen molar-refractivity contribution in [1.82, 2.24) is 4.57 Å². The normalized spacial score (nSPS) is 17.1. The van der Waals surface area contributed by atoms with Gasteiger partial charge in [0.05, 0.1) is 11.1 Å². The Morgan fingerprint density at radius 1 is 1.26 bits per heavy atom. The van der Waals surface area contributed by atoms with Crippen LogP contribution in [0.25, 0.3) is 10.9 Å². The highest BCUT2D eigenvalue weighted by atomic mass is 16.5. The SMILES string of the molecule is COC1(/C(C)=C/C(=O)OCc2ccc3c(ccc(=O)n3C)c2)CCOCC1. The van der Waals surface area contributed by atoms with Gasteiger partial charge < -0.3 is 18.8 Å². The van der Waals surface area contributed by atoms with Gasteiger partial charge in [0.2, 0.25) is 0 Å². The van der Waals surface area contributed by atoms with Gasteiger partial charge in [-0.05, 0) is 41.6 Å². The zero-order valence-corrected chi connectivity index (χ0v) is 16.0. The summed E-state index contributed by atoms with van der Waals surface area (Å²) in [7, 11) is 3.40. The van der Waals surface area contributed by atoms with Crippen molar-refractivity contribution in [3.05, 3.63) is 57.9 Å². The number of rotatable bonds is 5. The second-order valence-corrected chi connectivity index (χ2v) is 6.87. The molecule has 1 aromatic heterocycles. The Labute approximate surface area is 158 Å². The molecule has 0 amide bonds. The summed E-state index contributed by atoms with van der Waals surface area (Å²) in [6, 6.07) is 8.96. The summed E-state index contributed by atoms with van der Waals surface area (Å²) >= 11 is 0. The molecule has 0 radical (unpaired) electrons. The molecule has 1 aromatic carbocycles. The van der Waals surface area contributed by atoms with Crippen molar-refractivity contribution < 1.29 is 19.0 Å². The topological polar surface area (TPSA) is 66.8 Å². The van der Waals surface area contributed by atoms with E-state index in [1.54, 1.807) is 24.8 Å². The fraction of sp³-hybridized carbons (Fsp3) is 0.429. The predicted molar refractivity (Wildman–Crippen MR) is 103 cm³/mol. The molecule has 1 aliphatic rings. The van der Waals surface area contributed by atoms with Crippen LogP contribution < -0.4 is 5.56 Å². The molecule has 0 atom stereocenters. The van der Waals surface area contributed by atoms with Crippen LogP contribution in [0.5, 0.6) is 0 Å². The minimum absolute atomic E-state index is 0.0533. The number of carbonyl (C=O) groups excluding carboxylic acids is 1. The Morgan fingerprint density at radius 3 is 2.70 bits per heavy atom. The van der Waals surface area contributed by atoms with Gasteiger partial charge in [-0.25, -0.2) is 4.79 Å². The van der Waals surface area contributed by atoms with Gasteiger partial charge in [-0.15, -0.1) is 0 Å². The van der Waals surface area contributed by atoms with Crippen molar-refractivity contribution in [2.45, 2.75) is 32.0 Å². The predicted octanol–water partition coefficient (Wildman–Crippen LogP) is 2.72. The number of esters is 1. The summed E-state index contributed by atoms with van der Waals surface area (Å²) in [6.45, 7) is 3.30. The standard InChI is InChI=1S/C21H25NO5/c1-15(21(25-3)8-10-26-11-9-21)12-20(24)27-14-16-4-6-18-17(13-16)5-7-19(23)22(18)2/h4-7,12-13H,8-11,14H2,1-3H3/b15-12+. The fourth-order valence-electron chi connectivity index (χ4n) is 3.49. The molecule has 0 N–H and O–H groups in total. The van der Waals surface area contributed by atoms with E-state index in [0.29, 0.717) is 13.2 Å². The molecule has 2 heterocycles. The highest BCUT2D eigenvalue weighted by Gasteiger charge is 2.34. The van der Waals surface area contributed by atoms with Crippen molar-refractivity contribution in [2.75, 3.05) is 20.3 Å². The molecule has 0 unspecified atom stereocenters. The van der Waals surface area contributed by atoms with Crippen LogP contribution in [-0.2, 0) is 32.7 Å². The summed E-state index contributed by atoms with van der Waals surface area (Å²) in [6.07, 6.45) is 2.96. The quantitative estimate of drug-likeness (QED) is 0.597. The number of fused-ring (bicyclic) bond motifs is 1. The molecular formula is C21H25NO5. The van der Waals surface area contributed by atoms with Gasteiger partial charge in [-0.3, -0.25) is 4.79 Å². The maximum absolute atomic E-state index is 12.3. The largest absolute Gasteiger partial charge is 0.458 e. The number of ether oxygens (including phenoxy) is 3. The molecule has 1 aliphatic heterocycles. The van der Waals surface area contributed by atoms with Crippen LogP contribution in [0.2, 0.25) is 0 Å². The van der Waals surface area contributed by atoms with E-state index in [1.165, 1.54) is 12.1 Å². The van der Waals surface area contributed by atoms with Crippen LogP contribution in [0.4, 0.5) is 0 Å². The Hall–Kier alpha value is -2.44. The number of aromatic nitrogens is 1. The molecule has 6 nitrogen and oxygen atoms in total. The molecule has 2 aromatic rings. The second kappa shape index (κ2) is 8.06. The number of hydrogen-bond donors (Lipinski definition) is 0. The Balaban J connectivity index is 1.69. The molecule has 0 saturated carbocycles. The highest BCUT2D eigenvalue weighted by molar-refractivity contribution is 5.83. The van der Waals surface area contributed by atoms with Gasteiger partial charge in [-0.2, -0.15) is 0 Å².